The molecule has 1 heterocycles. The number of methoxy groups -OCH3 is 1. The second kappa shape index (κ2) is 8.13. The SMILES string of the molecule is COC(C)(C)CCNCCCN1CCCCC1C. The van der Waals surface area contributed by atoms with Crippen molar-refractivity contribution in [1.82, 2.24) is 10.2 Å². The van der Waals surface area contributed by atoms with Crippen LogP contribution < -0.4 is 5.32 Å². The lowest BCUT2D eigenvalue weighted by molar-refractivity contribution is 0.0158. The molecule has 0 aromatic heterocycles. The van der Waals surface area contributed by atoms with E-state index in [-0.39, 0.29) is 5.60 Å². The highest BCUT2D eigenvalue weighted by Crippen LogP contribution is 2.16. The van der Waals surface area contributed by atoms with Crippen LogP contribution in [0.15, 0.2) is 0 Å². The van der Waals surface area contributed by atoms with Crippen molar-refractivity contribution in [3.63, 3.8) is 0 Å². The van der Waals surface area contributed by atoms with Gasteiger partial charge in [-0.1, -0.05) is 6.42 Å². The largest absolute Gasteiger partial charge is 0.379 e. The first-order chi connectivity index (χ1) is 8.55. The Kier molecular flexibility index (Phi) is 7.20. The average Bonchev–Trinajstić information content (AvgIpc) is 2.35. The lowest BCUT2D eigenvalue weighted by atomic mass is 10.0. The minimum atomic E-state index is 0.00832. The topological polar surface area (TPSA) is 24.5 Å². The monoisotopic (exact) mass is 256 g/mol. The molecule has 3 nitrogen and oxygen atoms in total. The molecule has 1 atom stereocenters. The summed E-state index contributed by atoms with van der Waals surface area (Å²) in [5.41, 5.74) is 0.00832. The van der Waals surface area contributed by atoms with Crippen molar-refractivity contribution < 1.29 is 4.74 Å². The van der Waals surface area contributed by atoms with E-state index < -0.39 is 0 Å². The Morgan fingerprint density at radius 1 is 1.28 bits per heavy atom. The highest BCUT2D eigenvalue weighted by molar-refractivity contribution is 4.73. The van der Waals surface area contributed by atoms with Crippen molar-refractivity contribution in [2.45, 2.75) is 64.5 Å². The van der Waals surface area contributed by atoms with Crippen molar-refractivity contribution in [3.8, 4) is 0 Å². The maximum absolute atomic E-state index is 5.41. The molecule has 1 saturated heterocycles. The van der Waals surface area contributed by atoms with E-state index in [9.17, 15) is 0 Å². The smallest absolute Gasteiger partial charge is 0.0634 e. The summed E-state index contributed by atoms with van der Waals surface area (Å²) >= 11 is 0. The number of ether oxygens (including phenoxy) is 1. The van der Waals surface area contributed by atoms with Gasteiger partial charge in [-0.15, -0.1) is 0 Å². The van der Waals surface area contributed by atoms with Gasteiger partial charge in [0.25, 0.3) is 0 Å². The normalized spacial score (nSPS) is 22.3. The Labute approximate surface area is 113 Å². The van der Waals surface area contributed by atoms with Crippen LogP contribution in [0.2, 0.25) is 0 Å². The minimum Gasteiger partial charge on any atom is -0.379 e. The summed E-state index contributed by atoms with van der Waals surface area (Å²) in [6, 6.07) is 0.797. The quantitative estimate of drug-likeness (QED) is 0.676. The van der Waals surface area contributed by atoms with Crippen molar-refractivity contribution in [1.29, 1.82) is 0 Å². The zero-order valence-electron chi connectivity index (χ0n) is 12.8. The van der Waals surface area contributed by atoms with Gasteiger partial charge in [-0.3, -0.25) is 0 Å². The number of nitrogens with one attached hydrogen (secondary N) is 1. The van der Waals surface area contributed by atoms with Gasteiger partial charge < -0.3 is 15.0 Å². The van der Waals surface area contributed by atoms with Crippen LogP contribution in [0.5, 0.6) is 0 Å². The van der Waals surface area contributed by atoms with Crippen molar-refractivity contribution >= 4 is 0 Å². The number of nitrogens with zero attached hydrogens (tertiary/aromatic N) is 1. The molecule has 1 unspecified atom stereocenters. The summed E-state index contributed by atoms with van der Waals surface area (Å²) in [6.45, 7) is 11.4. The maximum atomic E-state index is 5.41. The Bertz CT molecular complexity index is 219. The number of likely N-dealkylation sites (tertiary alicyclic amines) is 1. The summed E-state index contributed by atoms with van der Waals surface area (Å²) in [5.74, 6) is 0. The van der Waals surface area contributed by atoms with E-state index in [1.54, 1.807) is 7.11 Å². The third kappa shape index (κ3) is 6.17. The fourth-order valence-corrected chi connectivity index (χ4v) is 2.51. The maximum Gasteiger partial charge on any atom is 0.0634 e. The molecule has 1 aliphatic heterocycles. The zero-order valence-corrected chi connectivity index (χ0v) is 12.8. The summed E-state index contributed by atoms with van der Waals surface area (Å²) in [4.78, 5) is 2.64. The molecule has 0 aromatic rings. The minimum absolute atomic E-state index is 0.00832. The molecule has 1 N–H and O–H groups in total. The molecule has 1 rings (SSSR count). The molecule has 18 heavy (non-hydrogen) atoms. The third-order valence-corrected chi connectivity index (χ3v) is 4.20. The molecule has 0 aromatic carbocycles. The predicted octanol–water partition coefficient (Wildman–Crippen LogP) is 2.66. The van der Waals surface area contributed by atoms with E-state index in [4.69, 9.17) is 4.74 Å². The average molecular weight is 256 g/mol. The molecular formula is C15H32N2O. The van der Waals surface area contributed by atoms with Gasteiger partial charge in [-0.05, 0) is 72.6 Å². The summed E-state index contributed by atoms with van der Waals surface area (Å²) in [6.07, 6.45) is 6.53. The molecule has 108 valence electrons. The van der Waals surface area contributed by atoms with Crippen LogP contribution in [-0.2, 0) is 4.74 Å². The summed E-state index contributed by atoms with van der Waals surface area (Å²) in [5, 5.41) is 3.52. The molecule has 1 aliphatic rings. The van der Waals surface area contributed by atoms with Gasteiger partial charge in [0, 0.05) is 13.2 Å². The first-order valence-electron chi connectivity index (χ1n) is 7.55. The summed E-state index contributed by atoms with van der Waals surface area (Å²) < 4.78 is 5.41. The van der Waals surface area contributed by atoms with Crippen LogP contribution in [-0.4, -0.2) is 49.8 Å². The number of rotatable bonds is 8. The molecule has 0 radical (unpaired) electrons. The Hall–Kier alpha value is -0.120. The van der Waals surface area contributed by atoms with Crippen LogP contribution in [0.25, 0.3) is 0 Å². The molecule has 0 aliphatic carbocycles. The van der Waals surface area contributed by atoms with E-state index in [1.165, 1.54) is 38.8 Å². The molecule has 0 bridgehead atoms. The first kappa shape index (κ1) is 15.9. The number of hydrogen-bond acceptors (Lipinski definition) is 3. The van der Waals surface area contributed by atoms with Crippen LogP contribution in [0.3, 0.4) is 0 Å². The van der Waals surface area contributed by atoms with E-state index in [0.29, 0.717) is 0 Å². The van der Waals surface area contributed by atoms with E-state index in [0.717, 1.165) is 25.6 Å². The van der Waals surface area contributed by atoms with Crippen LogP contribution >= 0.6 is 0 Å². The van der Waals surface area contributed by atoms with E-state index in [2.05, 4.69) is 31.0 Å². The van der Waals surface area contributed by atoms with Crippen molar-refractivity contribution in [3.05, 3.63) is 0 Å². The van der Waals surface area contributed by atoms with Gasteiger partial charge in [0.05, 0.1) is 5.60 Å². The van der Waals surface area contributed by atoms with Gasteiger partial charge in [0.2, 0.25) is 0 Å². The molecule has 0 amide bonds. The van der Waals surface area contributed by atoms with Crippen LogP contribution in [0, 0.1) is 0 Å². The Morgan fingerprint density at radius 3 is 2.72 bits per heavy atom. The Morgan fingerprint density at radius 2 is 2.06 bits per heavy atom. The van der Waals surface area contributed by atoms with Gasteiger partial charge in [0.1, 0.15) is 0 Å². The van der Waals surface area contributed by atoms with Gasteiger partial charge in [-0.25, -0.2) is 0 Å². The van der Waals surface area contributed by atoms with E-state index >= 15 is 0 Å². The van der Waals surface area contributed by atoms with Crippen molar-refractivity contribution in [2.24, 2.45) is 0 Å². The van der Waals surface area contributed by atoms with Gasteiger partial charge >= 0.3 is 0 Å². The van der Waals surface area contributed by atoms with Gasteiger partial charge in [0.15, 0.2) is 0 Å². The molecular weight excluding hydrogens is 224 g/mol. The van der Waals surface area contributed by atoms with Crippen LogP contribution in [0.4, 0.5) is 0 Å². The number of piperidine rings is 1. The second-order valence-electron chi connectivity index (χ2n) is 6.20. The summed E-state index contributed by atoms with van der Waals surface area (Å²) in [7, 11) is 1.79. The fraction of sp³-hybridized carbons (Fsp3) is 1.00. The van der Waals surface area contributed by atoms with Crippen LogP contribution in [0.1, 0.15) is 52.9 Å². The fourth-order valence-electron chi connectivity index (χ4n) is 2.51. The second-order valence-corrected chi connectivity index (χ2v) is 6.20. The zero-order chi connectivity index (χ0) is 13.4. The van der Waals surface area contributed by atoms with E-state index in [1.807, 2.05) is 0 Å². The molecule has 0 spiro atoms. The highest BCUT2D eigenvalue weighted by Gasteiger charge is 2.17. The lowest BCUT2D eigenvalue weighted by Gasteiger charge is -2.33. The number of hydrogen-bond donors (Lipinski definition) is 1. The first-order valence-corrected chi connectivity index (χ1v) is 7.55. The van der Waals surface area contributed by atoms with Gasteiger partial charge in [-0.2, -0.15) is 0 Å². The molecule has 0 saturated carbocycles. The van der Waals surface area contributed by atoms with Crippen molar-refractivity contribution in [2.75, 3.05) is 33.3 Å². The lowest BCUT2D eigenvalue weighted by Crippen LogP contribution is -2.39. The molecule has 3 heteroatoms. The highest BCUT2D eigenvalue weighted by atomic mass is 16.5. The molecule has 1 fully saturated rings. The standard InChI is InChI=1S/C15H32N2O/c1-14-8-5-6-12-17(14)13-7-10-16-11-9-15(2,3)18-4/h14,16H,5-13H2,1-4H3. The Balaban J connectivity index is 1.98. The third-order valence-electron chi connectivity index (χ3n) is 4.20. The predicted molar refractivity (Wildman–Crippen MR) is 78.1 cm³/mol.